The molecule has 0 heterocycles. The molecule has 6 N–H and O–H groups in total. The van der Waals surface area contributed by atoms with Crippen LogP contribution in [0.5, 0.6) is 5.75 Å². The number of nitrogens with two attached hydrogens (primary N) is 1. The normalized spacial score (nSPS) is 32.7. The highest BCUT2D eigenvalue weighted by Crippen LogP contribution is 2.51. The first kappa shape index (κ1) is 20.1. The average molecular weight is 414 g/mol. The maximum atomic E-state index is 13.5. The van der Waals surface area contributed by atoms with Gasteiger partial charge in [0.25, 0.3) is 0 Å². The van der Waals surface area contributed by atoms with Crippen LogP contribution < -0.4 is 5.73 Å². The highest BCUT2D eigenvalue weighted by atomic mass is 16.3. The number of ketones is 3. The molecule has 4 atom stereocenters. The number of Topliss-reactive ketones (excluding diaryl/α,β-unsaturated/α-hetero) is 3. The molecule has 2 saturated carbocycles. The van der Waals surface area contributed by atoms with Crippen LogP contribution in [0, 0.1) is 11.8 Å². The molecule has 0 unspecified atom stereocenters. The molecule has 0 bridgehead atoms. The van der Waals surface area contributed by atoms with E-state index in [0.717, 1.165) is 0 Å². The molecule has 3 aliphatic carbocycles. The standard InChI is InChI=1S/C21H22N2O7/c1-23(2)15-10-7-9-6-8-4-3-5-11(24)12(8)16(25)13(9)18(27)21(10,30)19(28)14(17(15)26)20(22)29/h3-5,9-10,15,24-25,29-30H,6-7,22H2,1-2H3/b20-14-/t9-,10-,15-,21-/m0/s1. The van der Waals surface area contributed by atoms with Crippen molar-refractivity contribution in [1.29, 1.82) is 0 Å². The van der Waals surface area contributed by atoms with Crippen LogP contribution in [-0.2, 0) is 20.8 Å². The Morgan fingerprint density at radius 2 is 1.83 bits per heavy atom. The van der Waals surface area contributed by atoms with Crippen LogP contribution in [0.3, 0.4) is 0 Å². The van der Waals surface area contributed by atoms with Gasteiger partial charge in [-0.3, -0.25) is 19.3 Å². The summed E-state index contributed by atoms with van der Waals surface area (Å²) in [6.45, 7) is 0. The Hall–Kier alpha value is -3.17. The third-order valence-corrected chi connectivity index (χ3v) is 6.44. The minimum Gasteiger partial charge on any atom is -0.507 e. The zero-order chi connectivity index (χ0) is 22.1. The molecule has 0 aromatic heterocycles. The summed E-state index contributed by atoms with van der Waals surface area (Å²) in [6, 6.07) is 3.61. The predicted molar refractivity (Wildman–Crippen MR) is 104 cm³/mol. The molecule has 0 radical (unpaired) electrons. The van der Waals surface area contributed by atoms with Crippen LogP contribution >= 0.6 is 0 Å². The summed E-state index contributed by atoms with van der Waals surface area (Å²) in [5.41, 5.74) is 2.38. The molecule has 9 nitrogen and oxygen atoms in total. The number of hydrogen-bond donors (Lipinski definition) is 5. The quantitative estimate of drug-likeness (QED) is 0.184. The van der Waals surface area contributed by atoms with E-state index in [2.05, 4.69) is 0 Å². The van der Waals surface area contributed by atoms with Gasteiger partial charge in [-0.2, -0.15) is 0 Å². The van der Waals surface area contributed by atoms with Crippen molar-refractivity contribution in [2.45, 2.75) is 24.5 Å². The number of aromatic hydroxyl groups is 1. The Bertz CT molecular complexity index is 1070. The SMILES string of the molecule is CN(C)[C@@H]1C(=O)/C(=C(\N)O)C(=O)[C@@]2(O)C(=O)C3=C(O)c4c(O)cccc4C[C@H]3C[C@@H]12. The zero-order valence-corrected chi connectivity index (χ0v) is 16.4. The van der Waals surface area contributed by atoms with Gasteiger partial charge in [-0.25, -0.2) is 0 Å². The number of rotatable bonds is 1. The first-order valence-electron chi connectivity index (χ1n) is 9.47. The smallest absolute Gasteiger partial charge is 0.211 e. The van der Waals surface area contributed by atoms with E-state index in [4.69, 9.17) is 5.73 Å². The van der Waals surface area contributed by atoms with Crippen molar-refractivity contribution in [1.82, 2.24) is 4.90 Å². The number of phenolic OH excluding ortho intramolecular Hbond substituents is 1. The summed E-state index contributed by atoms with van der Waals surface area (Å²) in [6.07, 6.45) is 0.352. The molecule has 0 aliphatic heterocycles. The Labute approximate surface area is 171 Å². The molecule has 3 aliphatic rings. The topological polar surface area (TPSA) is 161 Å². The number of carbonyl (C=O) groups excluding carboxylic acids is 3. The Balaban J connectivity index is 1.96. The largest absolute Gasteiger partial charge is 0.507 e. The van der Waals surface area contributed by atoms with E-state index < -0.39 is 58.0 Å². The molecule has 9 heteroatoms. The van der Waals surface area contributed by atoms with Gasteiger partial charge in [0.2, 0.25) is 11.6 Å². The second-order valence-corrected chi connectivity index (χ2v) is 8.27. The summed E-state index contributed by atoms with van der Waals surface area (Å²) >= 11 is 0. The van der Waals surface area contributed by atoms with Gasteiger partial charge in [0.15, 0.2) is 17.3 Å². The molecule has 158 valence electrons. The average Bonchev–Trinajstić information content (AvgIpc) is 2.64. The molecule has 4 rings (SSSR count). The van der Waals surface area contributed by atoms with Crippen LogP contribution in [0.2, 0.25) is 0 Å². The maximum absolute atomic E-state index is 13.5. The fourth-order valence-corrected chi connectivity index (χ4v) is 5.17. The molecular formula is C21H22N2O7. The second-order valence-electron chi connectivity index (χ2n) is 8.27. The van der Waals surface area contributed by atoms with Gasteiger partial charge in [0, 0.05) is 11.5 Å². The molecule has 1 aromatic carbocycles. The van der Waals surface area contributed by atoms with Crippen molar-refractivity contribution in [2.24, 2.45) is 17.6 Å². The van der Waals surface area contributed by atoms with Gasteiger partial charge < -0.3 is 26.2 Å². The minimum atomic E-state index is -2.67. The fourth-order valence-electron chi connectivity index (χ4n) is 5.17. The van der Waals surface area contributed by atoms with Crippen molar-refractivity contribution in [3.8, 4) is 5.75 Å². The Morgan fingerprint density at radius 1 is 1.17 bits per heavy atom. The molecular weight excluding hydrogens is 392 g/mol. The highest BCUT2D eigenvalue weighted by Gasteiger charge is 2.66. The lowest BCUT2D eigenvalue weighted by Crippen LogP contribution is -2.69. The number of hydrogen-bond acceptors (Lipinski definition) is 9. The van der Waals surface area contributed by atoms with Gasteiger partial charge in [-0.1, -0.05) is 12.1 Å². The number of phenols is 1. The van der Waals surface area contributed by atoms with Crippen LogP contribution in [-0.4, -0.2) is 68.4 Å². The summed E-state index contributed by atoms with van der Waals surface area (Å²) in [4.78, 5) is 40.9. The predicted octanol–water partition coefficient (Wildman–Crippen LogP) is -0.0360. The minimum absolute atomic E-state index is 0.0651. The third-order valence-electron chi connectivity index (χ3n) is 6.44. The van der Waals surface area contributed by atoms with Crippen molar-refractivity contribution in [3.05, 3.63) is 46.4 Å². The van der Waals surface area contributed by atoms with Crippen LogP contribution in [0.1, 0.15) is 17.5 Å². The van der Waals surface area contributed by atoms with Gasteiger partial charge in [0.05, 0.1) is 11.6 Å². The Kier molecular flexibility index (Phi) is 4.30. The first-order valence-corrected chi connectivity index (χ1v) is 9.47. The number of carbonyl (C=O) groups is 3. The molecule has 30 heavy (non-hydrogen) atoms. The monoisotopic (exact) mass is 414 g/mol. The van der Waals surface area contributed by atoms with Gasteiger partial charge in [-0.05, 0) is 44.5 Å². The first-order chi connectivity index (χ1) is 14.0. The van der Waals surface area contributed by atoms with Gasteiger partial charge in [-0.15, -0.1) is 0 Å². The number of benzene rings is 1. The van der Waals surface area contributed by atoms with E-state index in [9.17, 15) is 34.8 Å². The maximum Gasteiger partial charge on any atom is 0.211 e. The van der Waals surface area contributed by atoms with Crippen molar-refractivity contribution in [2.75, 3.05) is 14.1 Å². The van der Waals surface area contributed by atoms with E-state index in [1.807, 2.05) is 0 Å². The molecule has 0 amide bonds. The number of nitrogens with zero attached hydrogens (tertiary/aromatic N) is 1. The van der Waals surface area contributed by atoms with E-state index >= 15 is 0 Å². The van der Waals surface area contributed by atoms with Crippen LogP contribution in [0.15, 0.2) is 35.2 Å². The van der Waals surface area contributed by atoms with E-state index in [1.165, 1.54) is 11.0 Å². The number of fused-ring (bicyclic) bond motifs is 3. The van der Waals surface area contributed by atoms with E-state index in [1.54, 1.807) is 26.2 Å². The second kappa shape index (κ2) is 6.41. The Morgan fingerprint density at radius 3 is 2.43 bits per heavy atom. The third kappa shape index (κ3) is 2.39. The van der Waals surface area contributed by atoms with Gasteiger partial charge in [0.1, 0.15) is 17.1 Å². The highest BCUT2D eigenvalue weighted by molar-refractivity contribution is 6.35. The lowest BCUT2D eigenvalue weighted by atomic mass is 9.56. The fraction of sp³-hybridized carbons (Fsp3) is 0.381. The summed E-state index contributed by atoms with van der Waals surface area (Å²) in [7, 11) is 3.12. The van der Waals surface area contributed by atoms with E-state index in [-0.39, 0.29) is 29.7 Å². The van der Waals surface area contributed by atoms with Crippen molar-refractivity contribution in [3.63, 3.8) is 0 Å². The molecule has 0 spiro atoms. The molecule has 1 aromatic rings. The number of aliphatic hydroxyl groups is 3. The summed E-state index contributed by atoms with van der Waals surface area (Å²) in [5.74, 6) is -6.53. The lowest BCUT2D eigenvalue weighted by Gasteiger charge is -2.50. The molecule has 2 fully saturated rings. The number of likely N-dealkylation sites (N-methyl/N-ethyl adjacent to an activating group) is 1. The summed E-state index contributed by atoms with van der Waals surface area (Å²) < 4.78 is 0. The van der Waals surface area contributed by atoms with Crippen LogP contribution in [0.25, 0.3) is 5.76 Å². The van der Waals surface area contributed by atoms with E-state index in [0.29, 0.717) is 5.56 Å². The van der Waals surface area contributed by atoms with Crippen LogP contribution in [0.4, 0.5) is 0 Å². The van der Waals surface area contributed by atoms with Crippen molar-refractivity contribution >= 4 is 23.1 Å². The van der Waals surface area contributed by atoms with Gasteiger partial charge >= 0.3 is 0 Å². The van der Waals surface area contributed by atoms with Crippen molar-refractivity contribution < 1.29 is 34.8 Å². The number of aliphatic hydroxyl groups excluding tert-OH is 2. The zero-order valence-electron chi connectivity index (χ0n) is 16.4. The molecule has 0 saturated heterocycles. The lowest BCUT2D eigenvalue weighted by molar-refractivity contribution is -0.165. The summed E-state index contributed by atoms with van der Waals surface area (Å²) in [5, 5.41) is 42.1.